The van der Waals surface area contributed by atoms with Gasteiger partial charge in [-0.05, 0) is 23.6 Å². The van der Waals surface area contributed by atoms with E-state index in [1.54, 1.807) is 6.92 Å². The van der Waals surface area contributed by atoms with Crippen LogP contribution in [0.1, 0.15) is 45.6 Å². The number of carbonyl (C=O) groups excluding carboxylic acids is 1. The normalized spacial score (nSPS) is 12.9. The molecule has 0 saturated carbocycles. The Hall–Kier alpha value is -2.71. The fourth-order valence-electron chi connectivity index (χ4n) is 4.88. The second-order valence-electron chi connectivity index (χ2n) is 9.59. The third-order valence-electron chi connectivity index (χ3n) is 6.49. The molecule has 0 fully saturated rings. The van der Waals surface area contributed by atoms with Gasteiger partial charge in [-0.25, -0.2) is 0 Å². The molecule has 0 spiro atoms. The van der Waals surface area contributed by atoms with Crippen molar-refractivity contribution in [1.82, 2.24) is 0 Å². The average Bonchev–Trinajstić information content (AvgIpc) is 2.76. The van der Waals surface area contributed by atoms with E-state index in [0.29, 0.717) is 6.42 Å². The molecule has 1 nitrogen and oxygen atoms in total. The molecule has 0 aromatic heterocycles. The van der Waals surface area contributed by atoms with Gasteiger partial charge in [-0.2, -0.15) is 0 Å². The van der Waals surface area contributed by atoms with Gasteiger partial charge in [0.15, 0.2) is 0 Å². The van der Waals surface area contributed by atoms with E-state index in [0.717, 1.165) is 11.6 Å². The molecule has 2 heteroatoms. The zero-order valence-corrected chi connectivity index (χ0v) is 20.3. The molecule has 31 heavy (non-hydrogen) atoms. The molecule has 160 valence electrons. The number of rotatable bonds is 8. The summed E-state index contributed by atoms with van der Waals surface area (Å²) in [5.41, 5.74) is 2.34. The molecule has 1 unspecified atom stereocenters. The maximum Gasteiger partial charge on any atom is 0.130 e. The van der Waals surface area contributed by atoms with Crippen LogP contribution >= 0.6 is 0 Å². The van der Waals surface area contributed by atoms with Crippen molar-refractivity contribution in [3.8, 4) is 0 Å². The molecule has 3 rings (SSSR count). The third kappa shape index (κ3) is 4.96. The Labute approximate surface area is 188 Å². The van der Waals surface area contributed by atoms with Crippen molar-refractivity contribution in [2.75, 3.05) is 0 Å². The number of hydrogen-bond acceptors (Lipinski definition) is 1. The summed E-state index contributed by atoms with van der Waals surface area (Å²) in [4.78, 5) is 12.2. The summed E-state index contributed by atoms with van der Waals surface area (Å²) < 4.78 is 0. The van der Waals surface area contributed by atoms with E-state index >= 15 is 0 Å². The predicted octanol–water partition coefficient (Wildman–Crippen LogP) is 6.37. The predicted molar refractivity (Wildman–Crippen MR) is 136 cm³/mol. The zero-order valence-electron chi connectivity index (χ0n) is 19.3. The van der Waals surface area contributed by atoms with Crippen LogP contribution in [0.2, 0.25) is 11.1 Å². The first-order chi connectivity index (χ1) is 14.8. The first kappa shape index (κ1) is 23.0. The summed E-state index contributed by atoms with van der Waals surface area (Å²) in [7, 11) is -2.27. The Morgan fingerprint density at radius 1 is 0.806 bits per heavy atom. The number of Topliss-reactive ketones (excluding diaryl/α,β-unsaturated/α-hetero) is 1. The molecule has 0 bridgehead atoms. The lowest BCUT2D eigenvalue weighted by atomic mass is 9.88. The summed E-state index contributed by atoms with van der Waals surface area (Å²) in [5, 5.41) is 2.91. The van der Waals surface area contributed by atoms with Crippen molar-refractivity contribution in [2.45, 2.75) is 51.1 Å². The van der Waals surface area contributed by atoms with E-state index in [9.17, 15) is 4.79 Å². The molecular formula is C29H34OSi. The van der Waals surface area contributed by atoms with Crippen LogP contribution in [0.5, 0.6) is 0 Å². The van der Waals surface area contributed by atoms with Crippen LogP contribution in [-0.4, -0.2) is 13.9 Å². The SMILES string of the molecule is C=C(C[Si](c1ccccc1)(c1ccccc1)C(C)(C)C)C(CC(C)=O)c1ccccc1. The summed E-state index contributed by atoms with van der Waals surface area (Å²) in [6.07, 6.45) is 0.501. The largest absolute Gasteiger partial charge is 0.300 e. The summed E-state index contributed by atoms with van der Waals surface area (Å²) in [6.45, 7) is 13.4. The summed E-state index contributed by atoms with van der Waals surface area (Å²) in [6, 6.07) is 33.3. The van der Waals surface area contributed by atoms with E-state index in [2.05, 4.69) is 112 Å². The number of carbonyl (C=O) groups is 1. The summed E-state index contributed by atoms with van der Waals surface area (Å²) in [5.74, 6) is 0.248. The maximum atomic E-state index is 12.2. The van der Waals surface area contributed by atoms with Crippen LogP contribution in [0, 0.1) is 0 Å². The van der Waals surface area contributed by atoms with Crippen molar-refractivity contribution >= 4 is 24.2 Å². The van der Waals surface area contributed by atoms with Crippen LogP contribution in [0.4, 0.5) is 0 Å². The van der Waals surface area contributed by atoms with Gasteiger partial charge in [0, 0.05) is 12.3 Å². The maximum absolute atomic E-state index is 12.2. The quantitative estimate of drug-likeness (QED) is 0.302. The molecule has 0 aliphatic heterocycles. The Kier molecular flexibility index (Phi) is 7.12. The molecule has 0 aliphatic carbocycles. The number of benzene rings is 3. The highest BCUT2D eigenvalue weighted by molar-refractivity contribution is 7.04. The van der Waals surface area contributed by atoms with E-state index in [4.69, 9.17) is 0 Å². The molecule has 3 aromatic rings. The molecule has 0 saturated heterocycles. The number of hydrogen-bond donors (Lipinski definition) is 0. The Morgan fingerprint density at radius 2 is 1.23 bits per heavy atom. The van der Waals surface area contributed by atoms with E-state index < -0.39 is 8.07 Å². The zero-order chi connectivity index (χ0) is 22.5. The monoisotopic (exact) mass is 426 g/mol. The number of allylic oxidation sites excluding steroid dienone is 1. The van der Waals surface area contributed by atoms with Crippen molar-refractivity contribution in [3.63, 3.8) is 0 Å². The molecule has 1 atom stereocenters. The van der Waals surface area contributed by atoms with Crippen molar-refractivity contribution in [1.29, 1.82) is 0 Å². The fraction of sp³-hybridized carbons (Fsp3) is 0.276. The van der Waals surface area contributed by atoms with Gasteiger partial charge >= 0.3 is 0 Å². The van der Waals surface area contributed by atoms with Crippen LogP contribution in [0.25, 0.3) is 0 Å². The smallest absolute Gasteiger partial charge is 0.130 e. The van der Waals surface area contributed by atoms with E-state index in [1.165, 1.54) is 15.9 Å². The Balaban J connectivity index is 2.16. The van der Waals surface area contributed by atoms with Crippen molar-refractivity contribution in [2.24, 2.45) is 0 Å². The average molecular weight is 427 g/mol. The topological polar surface area (TPSA) is 17.1 Å². The van der Waals surface area contributed by atoms with Crippen molar-refractivity contribution < 1.29 is 4.79 Å². The fourth-order valence-corrected chi connectivity index (χ4v) is 10.3. The van der Waals surface area contributed by atoms with Gasteiger partial charge in [-0.3, -0.25) is 4.79 Å². The van der Waals surface area contributed by atoms with Gasteiger partial charge < -0.3 is 0 Å². The lowest BCUT2D eigenvalue weighted by Crippen LogP contribution is -2.64. The highest BCUT2D eigenvalue weighted by atomic mass is 28.3. The molecule has 0 heterocycles. The second-order valence-corrected chi connectivity index (χ2v) is 14.4. The highest BCUT2D eigenvalue weighted by Crippen LogP contribution is 2.43. The van der Waals surface area contributed by atoms with Gasteiger partial charge in [0.25, 0.3) is 0 Å². The van der Waals surface area contributed by atoms with Gasteiger partial charge in [0.2, 0.25) is 0 Å². The highest BCUT2D eigenvalue weighted by Gasteiger charge is 2.48. The Bertz CT molecular complexity index is 961. The molecule has 0 amide bonds. The lowest BCUT2D eigenvalue weighted by Gasteiger charge is -2.45. The van der Waals surface area contributed by atoms with Gasteiger partial charge in [-0.15, -0.1) is 0 Å². The van der Waals surface area contributed by atoms with E-state index in [-0.39, 0.29) is 16.7 Å². The molecule has 0 N–H and O–H groups in total. The standard InChI is InChI=1S/C29H34OSi/c1-23(28(21-24(2)30)25-15-9-6-10-16-25)22-31(29(3,4)5,26-17-11-7-12-18-26)27-19-13-8-14-20-27/h6-20,28H,1,21-22H2,2-5H3. The minimum Gasteiger partial charge on any atom is -0.300 e. The number of ketones is 1. The van der Waals surface area contributed by atoms with Crippen LogP contribution in [0.15, 0.2) is 103 Å². The summed E-state index contributed by atoms with van der Waals surface area (Å²) >= 11 is 0. The van der Waals surface area contributed by atoms with Gasteiger partial charge in [0.1, 0.15) is 13.9 Å². The van der Waals surface area contributed by atoms with Crippen molar-refractivity contribution in [3.05, 3.63) is 109 Å². The van der Waals surface area contributed by atoms with Crippen LogP contribution < -0.4 is 10.4 Å². The van der Waals surface area contributed by atoms with Gasteiger partial charge in [0.05, 0.1) is 0 Å². The van der Waals surface area contributed by atoms with Crippen LogP contribution in [0.3, 0.4) is 0 Å². The first-order valence-corrected chi connectivity index (χ1v) is 13.3. The van der Waals surface area contributed by atoms with Gasteiger partial charge in [-0.1, -0.05) is 134 Å². The third-order valence-corrected chi connectivity index (χ3v) is 12.7. The van der Waals surface area contributed by atoms with E-state index in [1.807, 2.05) is 6.07 Å². The second kappa shape index (κ2) is 9.61. The Morgan fingerprint density at radius 3 is 1.61 bits per heavy atom. The molecule has 3 aromatic carbocycles. The lowest BCUT2D eigenvalue weighted by molar-refractivity contribution is -0.117. The molecule has 0 radical (unpaired) electrons. The van der Waals surface area contributed by atoms with Crippen LogP contribution in [-0.2, 0) is 4.79 Å². The first-order valence-electron chi connectivity index (χ1n) is 11.1. The molecule has 0 aliphatic rings. The minimum atomic E-state index is -2.27. The minimum absolute atomic E-state index is 0.0420. The molecular weight excluding hydrogens is 392 g/mol.